The zero-order valence-corrected chi connectivity index (χ0v) is 18.6. The Morgan fingerprint density at radius 2 is 1.66 bits per heavy atom. The van der Waals surface area contributed by atoms with E-state index in [1.165, 1.54) is 21.9 Å². The van der Waals surface area contributed by atoms with Crippen molar-refractivity contribution in [1.29, 1.82) is 0 Å². The average molecular weight is 424 g/mol. The first kappa shape index (κ1) is 20.6. The van der Waals surface area contributed by atoms with Crippen molar-refractivity contribution in [3.8, 4) is 0 Å². The van der Waals surface area contributed by atoms with Gasteiger partial charge in [-0.25, -0.2) is 0 Å². The number of hydrogen-bond acceptors (Lipinski definition) is 3. The number of nitrogens with zero attached hydrogens (tertiary/aromatic N) is 3. The first-order valence-electron chi connectivity index (χ1n) is 11.7. The maximum atomic E-state index is 12.9. The Bertz CT molecular complexity index is 1230. The second kappa shape index (κ2) is 9.07. The van der Waals surface area contributed by atoms with Gasteiger partial charge in [0.25, 0.3) is 0 Å². The van der Waals surface area contributed by atoms with E-state index in [-0.39, 0.29) is 5.78 Å². The standard InChI is InChI=1S/C28H29N3O/c1-2-16-31-27(29-30-28(31)24-17-21-9-3-4-10-22(21)18-24)15-14-25(32)19-23-12-7-11-20-8-5-6-13-26(20)23/h3-13,24H,2,14-19H2,1H3. The van der Waals surface area contributed by atoms with Crippen LogP contribution in [-0.2, 0) is 37.0 Å². The number of fused-ring (bicyclic) bond motifs is 2. The molecule has 1 aliphatic carbocycles. The van der Waals surface area contributed by atoms with Crippen LogP contribution >= 0.6 is 0 Å². The third-order valence-electron chi connectivity index (χ3n) is 6.61. The van der Waals surface area contributed by atoms with Crippen molar-refractivity contribution in [3.05, 3.63) is 95.1 Å². The Hall–Kier alpha value is -3.27. The number of benzene rings is 3. The van der Waals surface area contributed by atoms with Gasteiger partial charge in [0.1, 0.15) is 17.4 Å². The van der Waals surface area contributed by atoms with E-state index in [4.69, 9.17) is 0 Å². The van der Waals surface area contributed by atoms with Gasteiger partial charge in [-0.15, -0.1) is 10.2 Å². The van der Waals surface area contributed by atoms with Gasteiger partial charge in [-0.1, -0.05) is 73.7 Å². The lowest BCUT2D eigenvalue weighted by Crippen LogP contribution is -2.13. The maximum absolute atomic E-state index is 12.9. The van der Waals surface area contributed by atoms with Gasteiger partial charge in [0.05, 0.1) is 0 Å². The van der Waals surface area contributed by atoms with Crippen LogP contribution in [0.5, 0.6) is 0 Å². The van der Waals surface area contributed by atoms with Gasteiger partial charge in [0, 0.05) is 31.7 Å². The molecule has 1 heterocycles. The number of carbonyl (C=O) groups is 1. The van der Waals surface area contributed by atoms with Crippen molar-refractivity contribution in [3.63, 3.8) is 0 Å². The molecule has 32 heavy (non-hydrogen) atoms. The zero-order chi connectivity index (χ0) is 21.9. The summed E-state index contributed by atoms with van der Waals surface area (Å²) in [5.41, 5.74) is 3.96. The molecule has 0 N–H and O–H groups in total. The number of aryl methyl sites for hydroxylation is 1. The minimum atomic E-state index is 0.252. The van der Waals surface area contributed by atoms with Crippen molar-refractivity contribution in [2.45, 2.75) is 57.9 Å². The van der Waals surface area contributed by atoms with Crippen LogP contribution in [0.4, 0.5) is 0 Å². The predicted octanol–water partition coefficient (Wildman–Crippen LogP) is 5.47. The molecule has 0 unspecified atom stereocenters. The molecule has 4 aromatic rings. The quantitative estimate of drug-likeness (QED) is 0.378. The molecule has 0 saturated heterocycles. The third-order valence-corrected chi connectivity index (χ3v) is 6.61. The summed E-state index contributed by atoms with van der Waals surface area (Å²) in [5, 5.41) is 11.5. The Labute approximate surface area is 189 Å². The molecule has 0 fully saturated rings. The summed E-state index contributed by atoms with van der Waals surface area (Å²) in [5.74, 6) is 2.66. The smallest absolute Gasteiger partial charge is 0.137 e. The van der Waals surface area contributed by atoms with Gasteiger partial charge in [0.2, 0.25) is 0 Å². The number of Topliss-reactive ketones (excluding diaryl/α,β-unsaturated/α-hetero) is 1. The molecule has 162 valence electrons. The van der Waals surface area contributed by atoms with E-state index in [0.29, 0.717) is 25.2 Å². The van der Waals surface area contributed by atoms with Crippen molar-refractivity contribution in [2.75, 3.05) is 0 Å². The average Bonchev–Trinajstić information content (AvgIpc) is 3.42. The summed E-state index contributed by atoms with van der Waals surface area (Å²) in [6.45, 7) is 3.09. The summed E-state index contributed by atoms with van der Waals surface area (Å²) in [7, 11) is 0. The Morgan fingerprint density at radius 3 is 2.44 bits per heavy atom. The molecule has 0 aliphatic heterocycles. The highest BCUT2D eigenvalue weighted by Crippen LogP contribution is 2.33. The first-order valence-corrected chi connectivity index (χ1v) is 11.7. The first-order chi connectivity index (χ1) is 15.7. The molecular formula is C28H29N3O. The van der Waals surface area contributed by atoms with Gasteiger partial charge in [0.15, 0.2) is 0 Å². The highest BCUT2D eigenvalue weighted by Gasteiger charge is 2.27. The van der Waals surface area contributed by atoms with Crippen molar-refractivity contribution in [2.24, 2.45) is 0 Å². The number of carbonyl (C=O) groups excluding carboxylic acids is 1. The van der Waals surface area contributed by atoms with Crippen molar-refractivity contribution < 1.29 is 4.79 Å². The molecule has 0 amide bonds. The molecule has 0 saturated carbocycles. The SMILES string of the molecule is CCCn1c(CCC(=O)Cc2cccc3ccccc23)nnc1C1Cc2ccccc2C1. The lowest BCUT2D eigenvalue weighted by Gasteiger charge is -2.13. The molecule has 4 heteroatoms. The molecule has 3 aromatic carbocycles. The number of rotatable bonds is 8. The van der Waals surface area contributed by atoms with E-state index >= 15 is 0 Å². The second-order valence-corrected chi connectivity index (χ2v) is 8.85. The monoisotopic (exact) mass is 423 g/mol. The van der Waals surface area contributed by atoms with E-state index in [0.717, 1.165) is 43.0 Å². The summed E-state index contributed by atoms with van der Waals surface area (Å²) in [6.07, 6.45) is 4.69. The summed E-state index contributed by atoms with van der Waals surface area (Å²) >= 11 is 0. The summed E-state index contributed by atoms with van der Waals surface area (Å²) in [4.78, 5) is 12.9. The molecule has 0 bridgehead atoms. The Balaban J connectivity index is 1.29. The van der Waals surface area contributed by atoms with E-state index in [1.807, 2.05) is 18.2 Å². The Kier molecular flexibility index (Phi) is 5.85. The third kappa shape index (κ3) is 4.10. The molecule has 5 rings (SSSR count). The van der Waals surface area contributed by atoms with Gasteiger partial charge >= 0.3 is 0 Å². The fourth-order valence-corrected chi connectivity index (χ4v) is 5.04. The lowest BCUT2D eigenvalue weighted by atomic mass is 9.99. The minimum absolute atomic E-state index is 0.252. The summed E-state index contributed by atoms with van der Waals surface area (Å²) < 4.78 is 2.28. The van der Waals surface area contributed by atoms with Crippen LogP contribution in [0.1, 0.15) is 54.0 Å². The van der Waals surface area contributed by atoms with Crippen molar-refractivity contribution in [1.82, 2.24) is 14.8 Å². The molecule has 1 aliphatic rings. The van der Waals surface area contributed by atoms with Crippen LogP contribution < -0.4 is 0 Å². The fourth-order valence-electron chi connectivity index (χ4n) is 5.04. The van der Waals surface area contributed by atoms with E-state index < -0.39 is 0 Å². The van der Waals surface area contributed by atoms with Crippen LogP contribution in [0.2, 0.25) is 0 Å². The number of aromatic nitrogens is 3. The zero-order valence-electron chi connectivity index (χ0n) is 18.6. The molecule has 1 aromatic heterocycles. The van der Waals surface area contributed by atoms with Gasteiger partial charge in [-0.2, -0.15) is 0 Å². The van der Waals surface area contributed by atoms with E-state index in [9.17, 15) is 4.79 Å². The van der Waals surface area contributed by atoms with Gasteiger partial charge in [-0.3, -0.25) is 4.79 Å². The topological polar surface area (TPSA) is 47.8 Å². The van der Waals surface area contributed by atoms with E-state index in [1.54, 1.807) is 0 Å². The van der Waals surface area contributed by atoms with Crippen molar-refractivity contribution >= 4 is 16.6 Å². The minimum Gasteiger partial charge on any atom is -0.315 e. The molecule has 0 spiro atoms. The highest BCUT2D eigenvalue weighted by atomic mass is 16.1. The molecule has 4 nitrogen and oxygen atoms in total. The fraction of sp³-hybridized carbons (Fsp3) is 0.321. The highest BCUT2D eigenvalue weighted by molar-refractivity contribution is 5.90. The second-order valence-electron chi connectivity index (χ2n) is 8.85. The van der Waals surface area contributed by atoms with Gasteiger partial charge < -0.3 is 4.57 Å². The largest absolute Gasteiger partial charge is 0.315 e. The molecular weight excluding hydrogens is 394 g/mol. The normalized spacial score (nSPS) is 13.5. The number of hydrogen-bond donors (Lipinski definition) is 0. The molecule has 0 radical (unpaired) electrons. The van der Waals surface area contributed by atoms with Gasteiger partial charge in [-0.05, 0) is 46.7 Å². The van der Waals surface area contributed by atoms with Crippen LogP contribution in [0.15, 0.2) is 66.7 Å². The Morgan fingerprint density at radius 1 is 0.938 bits per heavy atom. The predicted molar refractivity (Wildman–Crippen MR) is 128 cm³/mol. The number of ketones is 1. The maximum Gasteiger partial charge on any atom is 0.137 e. The van der Waals surface area contributed by atoms with Crippen LogP contribution in [0, 0.1) is 0 Å². The van der Waals surface area contributed by atoms with Crippen LogP contribution in [0.3, 0.4) is 0 Å². The summed E-state index contributed by atoms with van der Waals surface area (Å²) in [6, 6.07) is 23.1. The molecule has 0 atom stereocenters. The van der Waals surface area contributed by atoms with Crippen LogP contribution in [-0.4, -0.2) is 20.5 Å². The van der Waals surface area contributed by atoms with E-state index in [2.05, 4.69) is 70.2 Å². The van der Waals surface area contributed by atoms with Crippen LogP contribution in [0.25, 0.3) is 10.8 Å². The lowest BCUT2D eigenvalue weighted by molar-refractivity contribution is -0.118.